The molecule has 1 unspecified atom stereocenters. The number of hydrogen-bond donors (Lipinski definition) is 0. The van der Waals surface area contributed by atoms with E-state index < -0.39 is 5.60 Å². The van der Waals surface area contributed by atoms with Crippen LogP contribution in [0.2, 0.25) is 0 Å². The molecule has 3 aromatic rings. The van der Waals surface area contributed by atoms with Crippen molar-refractivity contribution in [3.05, 3.63) is 126 Å². The molecule has 0 saturated heterocycles. The molecular formula is C29H25O2S+. The molecular weight excluding hydrogens is 412 g/mol. The fourth-order valence-corrected chi connectivity index (χ4v) is 6.37. The molecule has 158 valence electrons. The van der Waals surface area contributed by atoms with Crippen LogP contribution in [0.25, 0.3) is 0 Å². The van der Waals surface area contributed by atoms with Crippen molar-refractivity contribution in [2.24, 2.45) is 0 Å². The third-order valence-corrected chi connectivity index (χ3v) is 8.12. The predicted molar refractivity (Wildman–Crippen MR) is 130 cm³/mol. The van der Waals surface area contributed by atoms with Crippen molar-refractivity contribution in [3.63, 3.8) is 0 Å². The number of hydrogen-bond acceptors (Lipinski definition) is 2. The van der Waals surface area contributed by atoms with Crippen molar-refractivity contribution in [1.82, 2.24) is 0 Å². The largest absolute Gasteiger partial charge is 0.446 e. The van der Waals surface area contributed by atoms with Crippen LogP contribution in [0.3, 0.4) is 0 Å². The van der Waals surface area contributed by atoms with Crippen LogP contribution >= 0.6 is 0 Å². The predicted octanol–water partition coefficient (Wildman–Crippen LogP) is 6.91. The average molecular weight is 438 g/mol. The fraction of sp³-hybridized carbons (Fsp3) is 0.138. The molecule has 0 radical (unpaired) electrons. The van der Waals surface area contributed by atoms with Gasteiger partial charge in [0, 0.05) is 0 Å². The Kier molecular flexibility index (Phi) is 5.83. The summed E-state index contributed by atoms with van der Waals surface area (Å²) in [5, 5.41) is 0. The Labute approximate surface area is 192 Å². The molecule has 32 heavy (non-hydrogen) atoms. The quantitative estimate of drug-likeness (QED) is 0.238. The number of carbonyl (C=O) groups excluding carboxylic acids is 1. The number of benzene rings is 3. The van der Waals surface area contributed by atoms with Gasteiger partial charge in [0.05, 0.1) is 16.5 Å². The molecule has 0 heterocycles. The molecule has 0 aliphatic heterocycles. The lowest BCUT2D eigenvalue weighted by Crippen LogP contribution is -2.32. The summed E-state index contributed by atoms with van der Waals surface area (Å²) in [7, 11) is -0.232. The summed E-state index contributed by atoms with van der Waals surface area (Å²) in [5.41, 5.74) is 1.05. The zero-order valence-corrected chi connectivity index (χ0v) is 18.6. The molecule has 1 atom stereocenters. The minimum absolute atomic E-state index is 0.232. The lowest BCUT2D eigenvalue weighted by Gasteiger charge is -2.28. The Morgan fingerprint density at radius 2 is 1.41 bits per heavy atom. The summed E-state index contributed by atoms with van der Waals surface area (Å²) in [6.45, 7) is 0. The van der Waals surface area contributed by atoms with E-state index >= 15 is 0 Å². The Bertz CT molecular complexity index is 1140. The molecule has 0 saturated carbocycles. The Balaban J connectivity index is 1.42. The van der Waals surface area contributed by atoms with Crippen molar-refractivity contribution in [2.75, 3.05) is 0 Å². The Morgan fingerprint density at radius 3 is 1.94 bits per heavy atom. The maximum atomic E-state index is 13.1. The van der Waals surface area contributed by atoms with Gasteiger partial charge in [-0.2, -0.15) is 0 Å². The van der Waals surface area contributed by atoms with Crippen LogP contribution in [0, 0.1) is 0 Å². The van der Waals surface area contributed by atoms with Gasteiger partial charge in [-0.25, -0.2) is 4.79 Å². The third kappa shape index (κ3) is 4.09. The van der Waals surface area contributed by atoms with Gasteiger partial charge >= 0.3 is 5.97 Å². The summed E-state index contributed by atoms with van der Waals surface area (Å²) >= 11 is 0. The first-order chi connectivity index (χ1) is 15.8. The van der Waals surface area contributed by atoms with E-state index in [0.717, 1.165) is 24.8 Å². The zero-order valence-electron chi connectivity index (χ0n) is 17.8. The molecule has 2 nitrogen and oxygen atoms in total. The van der Waals surface area contributed by atoms with Crippen molar-refractivity contribution >= 4 is 16.9 Å². The van der Waals surface area contributed by atoms with Crippen LogP contribution in [0.4, 0.5) is 0 Å². The van der Waals surface area contributed by atoms with Crippen molar-refractivity contribution in [3.8, 4) is 0 Å². The molecule has 0 bridgehead atoms. The van der Waals surface area contributed by atoms with Gasteiger partial charge < -0.3 is 4.74 Å². The van der Waals surface area contributed by atoms with Gasteiger partial charge in [0.25, 0.3) is 0 Å². The lowest BCUT2D eigenvalue weighted by atomic mass is 9.93. The van der Waals surface area contributed by atoms with Gasteiger partial charge in [0.2, 0.25) is 0 Å². The Hall–Kier alpha value is -3.30. The van der Waals surface area contributed by atoms with E-state index in [-0.39, 0.29) is 16.9 Å². The molecule has 5 rings (SSSR count). The summed E-state index contributed by atoms with van der Waals surface area (Å²) in [5.74, 6) is -0.274. The van der Waals surface area contributed by atoms with Gasteiger partial charge in [-0.3, -0.25) is 0 Å². The SMILES string of the molecule is O=C(OC1(C2=CCC=C2)C=CCC1)c1ccc([S+](c2ccccc2)c2ccccc2)cc1. The highest BCUT2D eigenvalue weighted by Crippen LogP contribution is 2.38. The summed E-state index contributed by atoms with van der Waals surface area (Å²) in [6.07, 6.45) is 13.1. The van der Waals surface area contributed by atoms with Crippen LogP contribution < -0.4 is 0 Å². The minimum atomic E-state index is -0.624. The van der Waals surface area contributed by atoms with Gasteiger partial charge in [0.15, 0.2) is 20.3 Å². The highest BCUT2D eigenvalue weighted by atomic mass is 32.2. The van der Waals surface area contributed by atoms with Crippen LogP contribution in [0.5, 0.6) is 0 Å². The second kappa shape index (κ2) is 9.05. The first-order valence-corrected chi connectivity index (χ1v) is 12.2. The van der Waals surface area contributed by atoms with Gasteiger partial charge in [-0.05, 0) is 79.4 Å². The second-order valence-electron chi connectivity index (χ2n) is 7.97. The Morgan fingerprint density at radius 1 is 0.781 bits per heavy atom. The molecule has 0 spiro atoms. The molecule has 0 fully saturated rings. The zero-order chi connectivity index (χ0) is 21.8. The van der Waals surface area contributed by atoms with Crippen molar-refractivity contribution in [2.45, 2.75) is 39.5 Å². The topological polar surface area (TPSA) is 26.3 Å². The summed E-state index contributed by atoms with van der Waals surface area (Å²) < 4.78 is 6.10. The minimum Gasteiger partial charge on any atom is -0.446 e. The molecule has 0 aromatic heterocycles. The number of esters is 1. The highest BCUT2D eigenvalue weighted by molar-refractivity contribution is 7.97. The normalized spacial score (nSPS) is 19.3. The number of ether oxygens (including phenoxy) is 1. The van der Waals surface area contributed by atoms with Crippen LogP contribution in [0.1, 0.15) is 29.6 Å². The van der Waals surface area contributed by atoms with E-state index in [1.165, 1.54) is 14.7 Å². The van der Waals surface area contributed by atoms with E-state index in [2.05, 4.69) is 85.0 Å². The highest BCUT2D eigenvalue weighted by Gasteiger charge is 2.38. The maximum Gasteiger partial charge on any atom is 0.339 e. The fourth-order valence-electron chi connectivity index (χ4n) is 4.28. The molecule has 3 aromatic carbocycles. The van der Waals surface area contributed by atoms with E-state index in [1.807, 2.05) is 30.3 Å². The molecule has 0 N–H and O–H groups in total. The molecule has 3 heteroatoms. The van der Waals surface area contributed by atoms with Crippen molar-refractivity contribution in [1.29, 1.82) is 0 Å². The van der Waals surface area contributed by atoms with Crippen LogP contribution in [-0.2, 0) is 15.6 Å². The maximum absolute atomic E-state index is 13.1. The van der Waals surface area contributed by atoms with Gasteiger partial charge in [0.1, 0.15) is 0 Å². The summed E-state index contributed by atoms with van der Waals surface area (Å²) in [4.78, 5) is 16.8. The number of allylic oxidation sites excluding steroid dienone is 3. The molecule has 2 aliphatic carbocycles. The van der Waals surface area contributed by atoms with E-state index in [1.54, 1.807) is 0 Å². The van der Waals surface area contributed by atoms with Crippen LogP contribution in [-0.4, -0.2) is 11.6 Å². The first kappa shape index (κ1) is 20.6. The number of rotatable bonds is 6. The standard InChI is InChI=1S/C29H25O2S/c30-28(31-29(21-9-10-22-29)24-11-7-8-12-24)23-17-19-27(20-18-23)32(25-13-3-1-4-14-25)26-15-5-2-6-16-26/h1-7,9,11-21H,8,10,22H2/q+1. The number of carbonyl (C=O) groups is 1. The first-order valence-electron chi connectivity index (χ1n) is 11.0. The van der Waals surface area contributed by atoms with E-state index in [9.17, 15) is 4.79 Å². The summed E-state index contributed by atoms with van der Waals surface area (Å²) in [6, 6.07) is 28.9. The second-order valence-corrected chi connectivity index (χ2v) is 10.0. The molecule has 0 amide bonds. The monoisotopic (exact) mass is 437 g/mol. The van der Waals surface area contributed by atoms with Gasteiger partial charge in [-0.15, -0.1) is 0 Å². The lowest BCUT2D eigenvalue weighted by molar-refractivity contribution is 0.0180. The molecule has 2 aliphatic rings. The van der Waals surface area contributed by atoms with E-state index in [0.29, 0.717) is 5.56 Å². The van der Waals surface area contributed by atoms with Crippen LogP contribution in [0.15, 0.2) is 136 Å². The third-order valence-electron chi connectivity index (χ3n) is 5.89. The smallest absolute Gasteiger partial charge is 0.339 e. The van der Waals surface area contributed by atoms with Crippen molar-refractivity contribution < 1.29 is 9.53 Å². The van der Waals surface area contributed by atoms with E-state index in [4.69, 9.17) is 4.74 Å². The average Bonchev–Trinajstić information content (AvgIpc) is 3.54. The van der Waals surface area contributed by atoms with Gasteiger partial charge in [-0.1, -0.05) is 60.7 Å².